The molecule has 0 aromatic heterocycles. The molecule has 0 radical (unpaired) electrons. The minimum Gasteiger partial charge on any atom is -0.369 e. The lowest BCUT2D eigenvalue weighted by atomic mass is 9.81. The molecule has 0 aromatic rings. The number of amides is 2. The molecule has 1 saturated heterocycles. The smallest absolute Gasteiger partial charge is 0.227 e. The van der Waals surface area contributed by atoms with Crippen LogP contribution in [0.2, 0.25) is 0 Å². The van der Waals surface area contributed by atoms with E-state index in [-0.39, 0.29) is 24.2 Å². The standard InChI is InChI=1S/C14H20N2O3/c15-13(17)11-9-6-7-10(19-9)12(11)14(18)16-8-4-2-1-3-5-8/h6-12H,1-5H2,(H2,15,17)(H,16,18). The van der Waals surface area contributed by atoms with Crippen LogP contribution in [0.3, 0.4) is 0 Å². The van der Waals surface area contributed by atoms with Crippen LogP contribution in [0.5, 0.6) is 0 Å². The molecular formula is C14H20N2O3. The van der Waals surface area contributed by atoms with Crippen LogP contribution >= 0.6 is 0 Å². The van der Waals surface area contributed by atoms with Gasteiger partial charge in [0.15, 0.2) is 0 Å². The summed E-state index contributed by atoms with van der Waals surface area (Å²) in [5, 5.41) is 3.07. The molecule has 2 heterocycles. The molecule has 1 aliphatic carbocycles. The summed E-state index contributed by atoms with van der Waals surface area (Å²) in [6.45, 7) is 0. The maximum atomic E-state index is 12.4. The number of ether oxygens (including phenoxy) is 1. The normalized spacial score (nSPS) is 37.5. The van der Waals surface area contributed by atoms with Crippen molar-refractivity contribution < 1.29 is 14.3 Å². The summed E-state index contributed by atoms with van der Waals surface area (Å²) in [5.41, 5.74) is 5.41. The number of carbonyl (C=O) groups is 2. The Kier molecular flexibility index (Phi) is 3.31. The zero-order valence-corrected chi connectivity index (χ0v) is 10.9. The first kappa shape index (κ1) is 12.7. The van der Waals surface area contributed by atoms with Crippen molar-refractivity contribution in [2.75, 3.05) is 0 Å². The van der Waals surface area contributed by atoms with Crippen molar-refractivity contribution in [2.45, 2.75) is 50.4 Å². The second kappa shape index (κ2) is 4.96. The fraction of sp³-hybridized carbons (Fsp3) is 0.714. The van der Waals surface area contributed by atoms with Crippen molar-refractivity contribution in [1.82, 2.24) is 5.32 Å². The number of nitrogens with two attached hydrogens (primary N) is 1. The first-order chi connectivity index (χ1) is 9.16. The van der Waals surface area contributed by atoms with Crippen molar-refractivity contribution in [3.05, 3.63) is 12.2 Å². The SMILES string of the molecule is NC(=O)C1C2C=CC(O2)C1C(=O)NC1CCCCC1. The molecule has 3 N–H and O–H groups in total. The minimum absolute atomic E-state index is 0.0763. The number of hydrogen-bond donors (Lipinski definition) is 2. The highest BCUT2D eigenvalue weighted by Crippen LogP contribution is 2.39. The van der Waals surface area contributed by atoms with E-state index in [1.165, 1.54) is 6.42 Å². The summed E-state index contributed by atoms with van der Waals surface area (Å²) in [5.74, 6) is -1.48. The highest BCUT2D eigenvalue weighted by Gasteiger charge is 2.52. The minimum atomic E-state index is -0.515. The third kappa shape index (κ3) is 2.27. The van der Waals surface area contributed by atoms with E-state index in [0.717, 1.165) is 25.7 Å². The highest BCUT2D eigenvalue weighted by atomic mass is 16.5. The van der Waals surface area contributed by atoms with Crippen molar-refractivity contribution in [3.63, 3.8) is 0 Å². The van der Waals surface area contributed by atoms with Crippen LogP contribution in [0.15, 0.2) is 12.2 Å². The third-order valence-corrected chi connectivity index (χ3v) is 4.48. The molecule has 0 spiro atoms. The van der Waals surface area contributed by atoms with Gasteiger partial charge in [-0.15, -0.1) is 0 Å². The summed E-state index contributed by atoms with van der Waals surface area (Å²) in [6, 6.07) is 0.248. The van der Waals surface area contributed by atoms with E-state index in [1.54, 1.807) is 0 Å². The van der Waals surface area contributed by atoms with E-state index in [1.807, 2.05) is 12.2 Å². The van der Waals surface area contributed by atoms with Crippen LogP contribution in [-0.4, -0.2) is 30.1 Å². The molecule has 4 atom stereocenters. The maximum absolute atomic E-state index is 12.4. The van der Waals surface area contributed by atoms with Crippen LogP contribution in [0.25, 0.3) is 0 Å². The van der Waals surface area contributed by atoms with Gasteiger partial charge in [0.1, 0.15) is 0 Å². The average Bonchev–Trinajstić information content (AvgIpc) is 2.99. The molecule has 104 valence electrons. The maximum Gasteiger partial charge on any atom is 0.227 e. The summed E-state index contributed by atoms with van der Waals surface area (Å²) >= 11 is 0. The summed E-state index contributed by atoms with van der Waals surface area (Å²) in [4.78, 5) is 23.9. The third-order valence-electron chi connectivity index (χ3n) is 4.48. The lowest BCUT2D eigenvalue weighted by Gasteiger charge is -2.27. The van der Waals surface area contributed by atoms with Gasteiger partial charge in [0, 0.05) is 6.04 Å². The zero-order chi connectivity index (χ0) is 13.4. The Hall–Kier alpha value is -1.36. The molecule has 1 saturated carbocycles. The predicted octanol–water partition coefficient (Wildman–Crippen LogP) is 0.490. The van der Waals surface area contributed by atoms with Gasteiger partial charge in [-0.1, -0.05) is 31.4 Å². The zero-order valence-electron chi connectivity index (χ0n) is 10.9. The molecule has 3 aliphatic rings. The quantitative estimate of drug-likeness (QED) is 0.728. The molecule has 2 aliphatic heterocycles. The van der Waals surface area contributed by atoms with Crippen molar-refractivity contribution in [3.8, 4) is 0 Å². The number of carbonyl (C=O) groups excluding carboxylic acids is 2. The summed E-state index contributed by atoms with van der Waals surface area (Å²) in [7, 11) is 0. The Morgan fingerprint density at radius 3 is 2.32 bits per heavy atom. The lowest BCUT2D eigenvalue weighted by molar-refractivity contribution is -0.133. The molecule has 0 aromatic carbocycles. The summed E-state index contributed by atoms with van der Waals surface area (Å²) < 4.78 is 5.60. The molecule has 5 heteroatoms. The lowest BCUT2D eigenvalue weighted by Crippen LogP contribution is -2.47. The predicted molar refractivity (Wildman–Crippen MR) is 69.0 cm³/mol. The van der Waals surface area contributed by atoms with Gasteiger partial charge < -0.3 is 15.8 Å². The Morgan fingerprint density at radius 1 is 1.05 bits per heavy atom. The summed E-state index contributed by atoms with van der Waals surface area (Å²) in [6.07, 6.45) is 8.75. The van der Waals surface area contributed by atoms with Gasteiger partial charge in [-0.05, 0) is 12.8 Å². The topological polar surface area (TPSA) is 81.4 Å². The monoisotopic (exact) mass is 264 g/mol. The van der Waals surface area contributed by atoms with Crippen LogP contribution in [0.1, 0.15) is 32.1 Å². The Balaban J connectivity index is 1.68. The van der Waals surface area contributed by atoms with Gasteiger partial charge >= 0.3 is 0 Å². The van der Waals surface area contributed by atoms with Crippen LogP contribution in [0, 0.1) is 11.8 Å². The first-order valence-corrected chi connectivity index (χ1v) is 7.10. The van der Waals surface area contributed by atoms with Gasteiger partial charge in [0.05, 0.1) is 24.0 Å². The molecule has 2 amide bonds. The van der Waals surface area contributed by atoms with E-state index < -0.39 is 17.7 Å². The Bertz CT molecular complexity index is 415. The van der Waals surface area contributed by atoms with E-state index in [0.29, 0.717) is 0 Å². The number of hydrogen-bond acceptors (Lipinski definition) is 3. The van der Waals surface area contributed by atoms with Crippen LogP contribution < -0.4 is 11.1 Å². The van der Waals surface area contributed by atoms with Gasteiger partial charge in [-0.25, -0.2) is 0 Å². The van der Waals surface area contributed by atoms with Gasteiger partial charge in [-0.2, -0.15) is 0 Å². The van der Waals surface area contributed by atoms with E-state index >= 15 is 0 Å². The largest absolute Gasteiger partial charge is 0.369 e. The number of nitrogens with one attached hydrogen (secondary N) is 1. The molecule has 2 fully saturated rings. The van der Waals surface area contributed by atoms with Crippen molar-refractivity contribution in [1.29, 1.82) is 0 Å². The van der Waals surface area contributed by atoms with Crippen molar-refractivity contribution >= 4 is 11.8 Å². The fourth-order valence-electron chi connectivity index (χ4n) is 3.50. The second-order valence-electron chi connectivity index (χ2n) is 5.75. The molecule has 3 rings (SSSR count). The van der Waals surface area contributed by atoms with Gasteiger partial charge in [0.25, 0.3) is 0 Å². The van der Waals surface area contributed by atoms with Gasteiger partial charge in [-0.3, -0.25) is 9.59 Å². The van der Waals surface area contributed by atoms with E-state index in [4.69, 9.17) is 10.5 Å². The molecular weight excluding hydrogens is 244 g/mol. The molecule has 2 bridgehead atoms. The van der Waals surface area contributed by atoms with E-state index in [9.17, 15) is 9.59 Å². The second-order valence-corrected chi connectivity index (χ2v) is 5.75. The van der Waals surface area contributed by atoms with Crippen molar-refractivity contribution in [2.24, 2.45) is 17.6 Å². The van der Waals surface area contributed by atoms with Crippen LogP contribution in [0.4, 0.5) is 0 Å². The molecule has 19 heavy (non-hydrogen) atoms. The van der Waals surface area contributed by atoms with E-state index in [2.05, 4.69) is 5.32 Å². The number of fused-ring (bicyclic) bond motifs is 2. The Morgan fingerprint density at radius 2 is 1.68 bits per heavy atom. The number of primary amides is 1. The number of rotatable bonds is 3. The molecule has 4 unspecified atom stereocenters. The Labute approximate surface area is 112 Å². The molecule has 5 nitrogen and oxygen atoms in total. The first-order valence-electron chi connectivity index (χ1n) is 7.10. The average molecular weight is 264 g/mol. The van der Waals surface area contributed by atoms with Gasteiger partial charge in [0.2, 0.25) is 11.8 Å². The highest BCUT2D eigenvalue weighted by molar-refractivity contribution is 5.89. The van der Waals surface area contributed by atoms with Crippen LogP contribution in [-0.2, 0) is 14.3 Å². The fourth-order valence-corrected chi connectivity index (χ4v) is 3.50.